The Morgan fingerprint density at radius 3 is 2.26 bits per heavy atom. The molecule has 0 aliphatic carbocycles. The molecule has 166 valence electrons. The van der Waals surface area contributed by atoms with E-state index in [0.717, 1.165) is 39.1 Å². The van der Waals surface area contributed by atoms with Gasteiger partial charge in [-0.3, -0.25) is 9.78 Å². The minimum atomic E-state index is -0.380. The van der Waals surface area contributed by atoms with Crippen molar-refractivity contribution >= 4 is 16.9 Å². The highest BCUT2D eigenvalue weighted by Crippen LogP contribution is 2.42. The van der Waals surface area contributed by atoms with Crippen LogP contribution in [0.2, 0.25) is 0 Å². The second-order valence-corrected chi connectivity index (χ2v) is 6.62. The third kappa shape index (κ3) is 5.93. The van der Waals surface area contributed by atoms with Crippen molar-refractivity contribution in [2.45, 2.75) is 20.5 Å². The molecule has 7 heteroatoms. The summed E-state index contributed by atoms with van der Waals surface area (Å²) in [7, 11) is 4.65. The van der Waals surface area contributed by atoms with Crippen molar-refractivity contribution < 1.29 is 23.7 Å². The van der Waals surface area contributed by atoms with Crippen LogP contribution in [-0.2, 0) is 20.9 Å². The first-order valence-corrected chi connectivity index (χ1v) is 9.94. The lowest BCUT2D eigenvalue weighted by Crippen LogP contribution is -2.14. The summed E-state index contributed by atoms with van der Waals surface area (Å²) >= 11 is 0. The molecule has 0 atom stereocenters. The van der Waals surface area contributed by atoms with Crippen LogP contribution in [0.4, 0.5) is 0 Å². The molecule has 0 fully saturated rings. The van der Waals surface area contributed by atoms with Gasteiger partial charge in [0.1, 0.15) is 11.5 Å². The molecule has 3 rings (SSSR count). The summed E-state index contributed by atoms with van der Waals surface area (Å²) in [5.74, 6) is 1.13. The van der Waals surface area contributed by atoms with Crippen LogP contribution >= 0.6 is 0 Å². The van der Waals surface area contributed by atoms with Gasteiger partial charge < -0.3 is 24.7 Å². The molecule has 3 aromatic rings. The number of nitrogens with two attached hydrogens (primary N) is 1. The summed E-state index contributed by atoms with van der Waals surface area (Å²) in [6.45, 7) is 5.23. The van der Waals surface area contributed by atoms with Gasteiger partial charge in [0.25, 0.3) is 0 Å². The number of ether oxygens (including phenoxy) is 4. The first-order chi connectivity index (χ1) is 15.0. The van der Waals surface area contributed by atoms with Crippen LogP contribution in [0.3, 0.4) is 0 Å². The van der Waals surface area contributed by atoms with E-state index in [1.165, 1.54) is 12.7 Å². The zero-order valence-electron chi connectivity index (χ0n) is 18.7. The molecule has 0 aliphatic heterocycles. The van der Waals surface area contributed by atoms with E-state index in [9.17, 15) is 4.79 Å². The Labute approximate surface area is 183 Å². The van der Waals surface area contributed by atoms with Crippen molar-refractivity contribution in [3.8, 4) is 22.6 Å². The monoisotopic (exact) mass is 426 g/mol. The normalized spacial score (nSPS) is 10.3. The molecule has 0 saturated heterocycles. The Balaban J connectivity index is 0.000000501. The van der Waals surface area contributed by atoms with E-state index in [4.69, 9.17) is 19.9 Å². The molecule has 0 amide bonds. The Kier molecular flexibility index (Phi) is 9.24. The first-order valence-electron chi connectivity index (χ1n) is 9.94. The van der Waals surface area contributed by atoms with Gasteiger partial charge in [-0.05, 0) is 43.2 Å². The van der Waals surface area contributed by atoms with E-state index < -0.39 is 0 Å². The van der Waals surface area contributed by atoms with Crippen LogP contribution in [0.15, 0.2) is 42.6 Å². The summed E-state index contributed by atoms with van der Waals surface area (Å²) in [6, 6.07) is 12.2. The molecule has 0 spiro atoms. The van der Waals surface area contributed by atoms with Crippen molar-refractivity contribution in [1.29, 1.82) is 0 Å². The standard InChI is InChI=1S/C21H23NO3.C3H7NO2/c1-5-25-13-15-11-18(23-3)20(19(12-15)24-4)17-9-8-14(2)16-7-6-10-22-21(16)17;1-6-3(5)2-4/h6-12H,5,13H2,1-4H3;2,4H2,1H3. The number of carbonyl (C=O) groups is 1. The summed E-state index contributed by atoms with van der Waals surface area (Å²) in [4.78, 5) is 14.4. The number of hydrogen-bond acceptors (Lipinski definition) is 7. The van der Waals surface area contributed by atoms with E-state index in [-0.39, 0.29) is 12.5 Å². The van der Waals surface area contributed by atoms with Crippen molar-refractivity contribution in [3.63, 3.8) is 0 Å². The maximum Gasteiger partial charge on any atom is 0.319 e. The van der Waals surface area contributed by atoms with Crippen LogP contribution in [0.25, 0.3) is 22.0 Å². The number of methoxy groups -OCH3 is 3. The van der Waals surface area contributed by atoms with Gasteiger partial charge in [-0.15, -0.1) is 0 Å². The van der Waals surface area contributed by atoms with Crippen molar-refractivity contribution in [1.82, 2.24) is 4.98 Å². The average molecular weight is 427 g/mol. The SMILES string of the molecule is CCOCc1cc(OC)c(-c2ccc(C)c3cccnc23)c(OC)c1.COC(=O)CN. The lowest BCUT2D eigenvalue weighted by atomic mass is 9.96. The van der Waals surface area contributed by atoms with E-state index in [0.29, 0.717) is 13.2 Å². The summed E-state index contributed by atoms with van der Waals surface area (Å²) in [5, 5.41) is 1.13. The number of nitrogens with zero attached hydrogens (tertiary/aromatic N) is 1. The van der Waals surface area contributed by atoms with Gasteiger partial charge in [0.2, 0.25) is 0 Å². The highest BCUT2D eigenvalue weighted by Gasteiger charge is 2.18. The smallest absolute Gasteiger partial charge is 0.319 e. The molecule has 31 heavy (non-hydrogen) atoms. The fraction of sp³-hybridized carbons (Fsp3) is 0.333. The maximum atomic E-state index is 9.83. The highest BCUT2D eigenvalue weighted by molar-refractivity contribution is 5.98. The average Bonchev–Trinajstić information content (AvgIpc) is 2.82. The topological polar surface area (TPSA) is 92.9 Å². The molecular weight excluding hydrogens is 396 g/mol. The number of esters is 1. The largest absolute Gasteiger partial charge is 0.496 e. The second-order valence-electron chi connectivity index (χ2n) is 6.62. The molecule has 1 heterocycles. The fourth-order valence-electron chi connectivity index (χ4n) is 3.14. The van der Waals surface area contributed by atoms with Crippen molar-refractivity contribution in [3.05, 3.63) is 53.7 Å². The van der Waals surface area contributed by atoms with Crippen molar-refractivity contribution in [2.75, 3.05) is 34.5 Å². The number of pyridine rings is 1. The van der Waals surface area contributed by atoms with Gasteiger partial charge in [0.15, 0.2) is 0 Å². The number of hydrogen-bond donors (Lipinski definition) is 1. The maximum absolute atomic E-state index is 9.83. The van der Waals surface area contributed by atoms with Crippen LogP contribution in [0, 0.1) is 6.92 Å². The van der Waals surface area contributed by atoms with Gasteiger partial charge in [-0.2, -0.15) is 0 Å². The highest BCUT2D eigenvalue weighted by atomic mass is 16.5. The number of aromatic nitrogens is 1. The molecule has 1 aromatic heterocycles. The molecule has 0 aliphatic rings. The number of carbonyl (C=O) groups excluding carboxylic acids is 1. The summed E-state index contributed by atoms with van der Waals surface area (Å²) in [6.07, 6.45) is 1.81. The quantitative estimate of drug-likeness (QED) is 0.573. The first kappa shape index (κ1) is 24.1. The Bertz CT molecular complexity index is 989. The van der Waals surface area contributed by atoms with Crippen LogP contribution in [-0.4, -0.2) is 45.4 Å². The third-order valence-corrected chi connectivity index (χ3v) is 4.69. The van der Waals surface area contributed by atoms with E-state index in [1.54, 1.807) is 14.2 Å². The van der Waals surface area contributed by atoms with E-state index >= 15 is 0 Å². The molecule has 0 bridgehead atoms. The number of aryl methyl sites for hydroxylation is 1. The molecule has 7 nitrogen and oxygen atoms in total. The molecule has 2 aromatic carbocycles. The summed E-state index contributed by atoms with van der Waals surface area (Å²) in [5.41, 5.74) is 9.87. The second kappa shape index (κ2) is 11.9. The molecule has 0 unspecified atom stereocenters. The van der Waals surface area contributed by atoms with Gasteiger partial charge in [0.05, 0.1) is 45.6 Å². The van der Waals surface area contributed by atoms with Gasteiger partial charge in [0, 0.05) is 23.8 Å². The third-order valence-electron chi connectivity index (χ3n) is 4.69. The Morgan fingerprint density at radius 1 is 1.06 bits per heavy atom. The minimum Gasteiger partial charge on any atom is -0.496 e. The Hall–Kier alpha value is -3.16. The predicted molar refractivity (Wildman–Crippen MR) is 121 cm³/mol. The van der Waals surface area contributed by atoms with E-state index in [2.05, 4.69) is 34.8 Å². The molecule has 2 N–H and O–H groups in total. The lowest BCUT2D eigenvalue weighted by molar-refractivity contribution is -0.138. The van der Waals surface area contributed by atoms with E-state index in [1.807, 2.05) is 31.3 Å². The predicted octanol–water partition coefficient (Wildman–Crippen LogP) is 3.88. The Morgan fingerprint density at radius 2 is 1.74 bits per heavy atom. The van der Waals surface area contributed by atoms with Crippen LogP contribution in [0.1, 0.15) is 18.1 Å². The van der Waals surface area contributed by atoms with Crippen LogP contribution < -0.4 is 15.2 Å². The molecular formula is C24H30N2O5. The lowest BCUT2D eigenvalue weighted by Gasteiger charge is -2.17. The number of fused-ring (bicyclic) bond motifs is 1. The van der Waals surface area contributed by atoms with Gasteiger partial charge in [-0.1, -0.05) is 18.2 Å². The summed E-state index contributed by atoms with van der Waals surface area (Å²) < 4.78 is 21.0. The molecule has 0 radical (unpaired) electrons. The minimum absolute atomic E-state index is 0.0312. The number of benzene rings is 2. The van der Waals surface area contributed by atoms with Gasteiger partial charge >= 0.3 is 5.97 Å². The zero-order valence-corrected chi connectivity index (χ0v) is 18.7. The fourth-order valence-corrected chi connectivity index (χ4v) is 3.14. The van der Waals surface area contributed by atoms with Crippen LogP contribution in [0.5, 0.6) is 11.5 Å². The molecule has 0 saturated carbocycles. The van der Waals surface area contributed by atoms with Gasteiger partial charge in [-0.25, -0.2) is 0 Å². The number of rotatable bonds is 7. The van der Waals surface area contributed by atoms with Crippen molar-refractivity contribution in [2.24, 2.45) is 5.73 Å². The zero-order chi connectivity index (χ0) is 22.8.